The first-order valence-electron chi connectivity index (χ1n) is 10.3. The Kier molecular flexibility index (Phi) is 8.89. The van der Waals surface area contributed by atoms with Crippen LogP contribution in [0.5, 0.6) is 17.2 Å². The number of hydrogen-bond donors (Lipinski definition) is 1. The summed E-state index contributed by atoms with van der Waals surface area (Å²) in [5, 5.41) is 4.68. The van der Waals surface area contributed by atoms with Crippen molar-refractivity contribution in [1.82, 2.24) is 5.32 Å². The van der Waals surface area contributed by atoms with Gasteiger partial charge in [0.05, 0.1) is 13.7 Å². The van der Waals surface area contributed by atoms with Gasteiger partial charge in [-0.05, 0) is 55.8 Å². The number of benzene rings is 3. The lowest BCUT2D eigenvalue weighted by Gasteiger charge is -2.17. The average molecular weight is 460 g/mol. The Morgan fingerprint density at radius 1 is 0.903 bits per heavy atom. The second-order valence-corrected chi connectivity index (χ2v) is 7.82. The van der Waals surface area contributed by atoms with Crippen LogP contribution in [-0.2, 0) is 19.6 Å². The lowest BCUT2D eigenvalue weighted by atomic mass is 10.1. The highest BCUT2D eigenvalue weighted by molar-refractivity contribution is 6.35. The van der Waals surface area contributed by atoms with Crippen molar-refractivity contribution < 1.29 is 14.2 Å². The molecular weight excluding hydrogens is 433 g/mol. The molecule has 0 aromatic heterocycles. The zero-order chi connectivity index (χ0) is 22.1. The molecule has 4 nitrogen and oxygen atoms in total. The van der Waals surface area contributed by atoms with Crippen LogP contribution in [0.1, 0.15) is 23.6 Å². The molecule has 0 aliphatic heterocycles. The number of ether oxygens (including phenoxy) is 3. The van der Waals surface area contributed by atoms with Crippen LogP contribution in [-0.4, -0.2) is 20.3 Å². The van der Waals surface area contributed by atoms with Gasteiger partial charge in [0, 0.05) is 27.7 Å². The average Bonchev–Trinajstić information content (AvgIpc) is 2.78. The van der Waals surface area contributed by atoms with Crippen LogP contribution in [0.15, 0.2) is 60.7 Å². The predicted octanol–water partition coefficient (Wildman–Crippen LogP) is 6.31. The zero-order valence-electron chi connectivity index (χ0n) is 17.8. The lowest BCUT2D eigenvalue weighted by Crippen LogP contribution is -2.17. The van der Waals surface area contributed by atoms with E-state index in [2.05, 4.69) is 17.4 Å². The molecule has 0 aliphatic carbocycles. The summed E-state index contributed by atoms with van der Waals surface area (Å²) in [5.41, 5.74) is 3.16. The van der Waals surface area contributed by atoms with Crippen molar-refractivity contribution in [2.75, 3.05) is 20.3 Å². The maximum absolute atomic E-state index is 6.30. The molecule has 3 aromatic rings. The van der Waals surface area contributed by atoms with E-state index in [1.807, 2.05) is 49.4 Å². The molecule has 0 unspecified atom stereocenters. The monoisotopic (exact) mass is 459 g/mol. The number of hydrogen-bond acceptors (Lipinski definition) is 4. The van der Waals surface area contributed by atoms with Crippen LogP contribution in [0.25, 0.3) is 0 Å². The van der Waals surface area contributed by atoms with Crippen molar-refractivity contribution >= 4 is 23.2 Å². The number of nitrogens with one attached hydrogen (secondary N) is 1. The van der Waals surface area contributed by atoms with Crippen LogP contribution in [0, 0.1) is 0 Å². The second kappa shape index (κ2) is 11.8. The normalized spacial score (nSPS) is 10.7. The molecule has 3 aromatic carbocycles. The van der Waals surface area contributed by atoms with Crippen LogP contribution in [0.2, 0.25) is 10.0 Å². The summed E-state index contributed by atoms with van der Waals surface area (Å²) in [4.78, 5) is 0. The van der Waals surface area contributed by atoms with E-state index in [9.17, 15) is 0 Å². The first-order chi connectivity index (χ1) is 15.1. The van der Waals surface area contributed by atoms with Crippen molar-refractivity contribution in [2.45, 2.75) is 26.5 Å². The lowest BCUT2D eigenvalue weighted by molar-refractivity contribution is 0.266. The van der Waals surface area contributed by atoms with Crippen LogP contribution in [0.3, 0.4) is 0 Å². The minimum Gasteiger partial charge on any atom is -0.497 e. The van der Waals surface area contributed by atoms with Crippen molar-refractivity contribution in [3.63, 3.8) is 0 Å². The van der Waals surface area contributed by atoms with Crippen molar-refractivity contribution in [3.05, 3.63) is 87.4 Å². The molecule has 0 saturated carbocycles. The molecule has 0 bridgehead atoms. The van der Waals surface area contributed by atoms with Gasteiger partial charge in [-0.1, -0.05) is 53.5 Å². The molecule has 31 heavy (non-hydrogen) atoms. The van der Waals surface area contributed by atoms with Crippen molar-refractivity contribution in [3.8, 4) is 17.2 Å². The Bertz CT molecular complexity index is 977. The van der Waals surface area contributed by atoms with E-state index in [-0.39, 0.29) is 0 Å². The van der Waals surface area contributed by atoms with Crippen LogP contribution >= 0.6 is 23.2 Å². The maximum Gasteiger partial charge on any atom is 0.166 e. The van der Waals surface area contributed by atoms with E-state index < -0.39 is 0 Å². The van der Waals surface area contributed by atoms with Crippen molar-refractivity contribution in [1.29, 1.82) is 0 Å². The first-order valence-corrected chi connectivity index (χ1v) is 11.0. The van der Waals surface area contributed by atoms with Gasteiger partial charge in [-0.25, -0.2) is 0 Å². The Morgan fingerprint density at radius 3 is 2.42 bits per heavy atom. The third kappa shape index (κ3) is 6.79. The van der Waals surface area contributed by atoms with Gasteiger partial charge in [-0.15, -0.1) is 0 Å². The summed E-state index contributed by atoms with van der Waals surface area (Å²) in [6, 6.07) is 19.5. The third-order valence-corrected chi connectivity index (χ3v) is 5.40. The van der Waals surface area contributed by atoms with E-state index in [1.54, 1.807) is 13.2 Å². The fourth-order valence-electron chi connectivity index (χ4n) is 3.17. The zero-order valence-corrected chi connectivity index (χ0v) is 19.3. The van der Waals surface area contributed by atoms with Gasteiger partial charge in [0.15, 0.2) is 11.5 Å². The summed E-state index contributed by atoms with van der Waals surface area (Å²) in [6.45, 7) is 4.36. The summed E-state index contributed by atoms with van der Waals surface area (Å²) < 4.78 is 17.2. The fourth-order valence-corrected chi connectivity index (χ4v) is 3.63. The Morgan fingerprint density at radius 2 is 1.71 bits per heavy atom. The Balaban J connectivity index is 1.64. The van der Waals surface area contributed by atoms with E-state index in [4.69, 9.17) is 37.4 Å². The minimum absolute atomic E-state index is 0.332. The van der Waals surface area contributed by atoms with Crippen LogP contribution in [0.4, 0.5) is 0 Å². The van der Waals surface area contributed by atoms with E-state index in [0.29, 0.717) is 29.8 Å². The van der Waals surface area contributed by atoms with E-state index in [1.165, 1.54) is 5.56 Å². The SMILES string of the molecule is CCOc1cccc(CNCCc2ccc(OC)cc2)c1OCc1ccc(Cl)cc1Cl. The molecule has 164 valence electrons. The van der Waals surface area contributed by atoms with E-state index in [0.717, 1.165) is 41.3 Å². The second-order valence-electron chi connectivity index (χ2n) is 6.98. The highest BCUT2D eigenvalue weighted by atomic mass is 35.5. The number of methoxy groups -OCH3 is 1. The van der Waals surface area contributed by atoms with E-state index >= 15 is 0 Å². The maximum atomic E-state index is 6.30. The largest absolute Gasteiger partial charge is 0.497 e. The molecular formula is C25H27Cl2NO3. The highest BCUT2D eigenvalue weighted by Gasteiger charge is 2.12. The molecule has 0 aliphatic rings. The molecule has 0 amide bonds. The molecule has 0 heterocycles. The molecule has 0 fully saturated rings. The highest BCUT2D eigenvalue weighted by Crippen LogP contribution is 2.33. The van der Waals surface area contributed by atoms with Crippen molar-refractivity contribution in [2.24, 2.45) is 0 Å². The molecule has 6 heteroatoms. The molecule has 0 spiro atoms. The summed E-state index contributed by atoms with van der Waals surface area (Å²) in [6.07, 6.45) is 0.922. The topological polar surface area (TPSA) is 39.7 Å². The standard InChI is InChI=1S/C25H27Cl2NO3/c1-3-30-24-6-4-5-19(16-28-14-13-18-7-11-22(29-2)12-8-18)25(24)31-17-20-9-10-21(26)15-23(20)27/h4-12,15,28H,3,13-14,16-17H2,1-2H3. The van der Waals surface area contributed by atoms with Gasteiger partial charge in [0.25, 0.3) is 0 Å². The predicted molar refractivity (Wildman–Crippen MR) is 127 cm³/mol. The molecule has 0 radical (unpaired) electrons. The molecule has 3 rings (SSSR count). The fraction of sp³-hybridized carbons (Fsp3) is 0.280. The van der Waals surface area contributed by atoms with Gasteiger partial charge < -0.3 is 19.5 Å². The number of para-hydroxylation sites is 1. The van der Waals surface area contributed by atoms with Gasteiger partial charge >= 0.3 is 0 Å². The third-order valence-electron chi connectivity index (χ3n) is 4.81. The number of rotatable bonds is 11. The Labute approximate surface area is 194 Å². The summed E-state index contributed by atoms with van der Waals surface area (Å²) in [7, 11) is 1.67. The first kappa shape index (κ1) is 23.3. The molecule has 1 N–H and O–H groups in total. The summed E-state index contributed by atoms with van der Waals surface area (Å²) in [5.74, 6) is 2.32. The van der Waals surface area contributed by atoms with Gasteiger partial charge in [0.1, 0.15) is 12.4 Å². The van der Waals surface area contributed by atoms with Gasteiger partial charge in [0.2, 0.25) is 0 Å². The van der Waals surface area contributed by atoms with Gasteiger partial charge in [-0.2, -0.15) is 0 Å². The number of halogens is 2. The minimum atomic E-state index is 0.332. The quantitative estimate of drug-likeness (QED) is 0.341. The van der Waals surface area contributed by atoms with Crippen LogP contribution < -0.4 is 19.5 Å². The Hall–Kier alpha value is -2.40. The smallest absolute Gasteiger partial charge is 0.166 e. The summed E-state index contributed by atoms with van der Waals surface area (Å²) >= 11 is 12.3. The molecule has 0 saturated heterocycles. The molecule has 0 atom stereocenters. The van der Waals surface area contributed by atoms with Gasteiger partial charge in [-0.3, -0.25) is 0 Å².